The van der Waals surface area contributed by atoms with Gasteiger partial charge in [0.1, 0.15) is 0 Å². The van der Waals surface area contributed by atoms with Gasteiger partial charge in [-0.15, -0.1) is 0 Å². The maximum Gasteiger partial charge on any atom is 0 e. The standard InChI is InChI=1S/2C17H23GeP2.2Cu/c2*1-18(14-10-6-8-12-16(14)19(2)3)15-11-7-9-13-17(15)20(4)5;;/h2*6-13H,1-5H3;;/p+4. The van der Waals surface area contributed by atoms with Gasteiger partial charge in [-0.25, -0.2) is 0 Å². The van der Waals surface area contributed by atoms with Crippen LogP contribution in [0.3, 0.4) is 0 Å². The summed E-state index contributed by atoms with van der Waals surface area (Å²) >= 11 is -2.74. The number of benzene rings is 4. The van der Waals surface area contributed by atoms with Gasteiger partial charge < -0.3 is 0 Å². The minimum absolute atomic E-state index is 0. The van der Waals surface area contributed by atoms with Gasteiger partial charge in [0.25, 0.3) is 0 Å². The summed E-state index contributed by atoms with van der Waals surface area (Å²) in [6.07, 6.45) is 0. The molecule has 0 nitrogen and oxygen atoms in total. The molecule has 0 aliphatic rings. The van der Waals surface area contributed by atoms with E-state index in [0.29, 0.717) is 0 Å². The SMILES string of the molecule is C[PH+](C)c1cccc[c]1[Ge]([CH3])[c]1ccccc1[PH+](C)C.C[PH+](C)c1cccc[c]1[Ge]([CH3])[c]1ccccc1[PH+](C)C.[Cu].[Cu]. The second kappa shape index (κ2) is 20.1. The molecule has 0 spiro atoms. The summed E-state index contributed by atoms with van der Waals surface area (Å²) in [5.74, 6) is 5.07. The van der Waals surface area contributed by atoms with Gasteiger partial charge in [-0.2, -0.15) is 0 Å². The fourth-order valence-electron chi connectivity index (χ4n) is 5.27. The molecule has 0 atom stereocenters. The average molecular weight is 855 g/mol. The second-order valence-corrected chi connectivity index (χ2v) is 31.4. The van der Waals surface area contributed by atoms with E-state index in [1.54, 1.807) is 38.8 Å². The van der Waals surface area contributed by atoms with Crippen molar-refractivity contribution < 1.29 is 34.1 Å². The molecule has 0 saturated heterocycles. The third-order valence-corrected chi connectivity index (χ3v) is 26.1. The third-order valence-electron chi connectivity index (χ3n) is 7.48. The molecule has 0 saturated carbocycles. The molecular formula is C34H50Cu2Ge2P4+4. The van der Waals surface area contributed by atoms with Crippen LogP contribution in [0.4, 0.5) is 0 Å². The van der Waals surface area contributed by atoms with E-state index in [1.165, 1.54) is 0 Å². The molecule has 0 bridgehead atoms. The first-order valence-corrected chi connectivity index (χ1v) is 32.7. The van der Waals surface area contributed by atoms with E-state index in [4.69, 9.17) is 0 Å². The summed E-state index contributed by atoms with van der Waals surface area (Å²) in [5, 5.41) is 6.63. The van der Waals surface area contributed by atoms with Crippen molar-refractivity contribution in [3.63, 3.8) is 0 Å². The molecule has 232 valence electrons. The molecule has 0 aliphatic heterocycles. The summed E-state index contributed by atoms with van der Waals surface area (Å²) in [4.78, 5) is 0. The van der Waals surface area contributed by atoms with Gasteiger partial charge in [-0.05, 0) is 0 Å². The van der Waals surface area contributed by atoms with Crippen LogP contribution in [0.1, 0.15) is 0 Å². The van der Waals surface area contributed by atoms with Crippen LogP contribution < -0.4 is 38.8 Å². The van der Waals surface area contributed by atoms with Crippen molar-refractivity contribution in [1.29, 1.82) is 0 Å². The van der Waals surface area contributed by atoms with Crippen LogP contribution in [-0.4, -0.2) is 82.0 Å². The predicted octanol–water partition coefficient (Wildman–Crippen LogP) is 4.24. The van der Waals surface area contributed by atoms with Gasteiger partial charge in [0.05, 0.1) is 0 Å². The fourth-order valence-corrected chi connectivity index (χ4v) is 27.9. The summed E-state index contributed by atoms with van der Waals surface area (Å²) in [5.41, 5.74) is 0. The van der Waals surface area contributed by atoms with E-state index in [2.05, 4.69) is 162 Å². The minimum atomic E-state index is -1.37. The van der Waals surface area contributed by atoms with Crippen LogP contribution in [0.15, 0.2) is 97.1 Å². The molecule has 4 rings (SSSR count). The van der Waals surface area contributed by atoms with Crippen LogP contribution in [0.25, 0.3) is 0 Å². The number of hydrogen-bond acceptors (Lipinski definition) is 0. The zero-order chi connectivity index (χ0) is 29.4. The molecular weight excluding hydrogens is 805 g/mol. The van der Waals surface area contributed by atoms with Gasteiger partial charge in [-0.3, -0.25) is 0 Å². The minimum Gasteiger partial charge on any atom is 0 e. The molecule has 0 aliphatic carbocycles. The maximum absolute atomic E-state index is 2.54. The quantitative estimate of drug-likeness (QED) is 0.184. The number of hydrogen-bond donors (Lipinski definition) is 0. The monoisotopic (exact) mass is 856 g/mol. The van der Waals surface area contributed by atoms with Crippen molar-refractivity contribution >= 4 is 99.2 Å². The fraction of sp³-hybridized carbons (Fsp3) is 0.294. The van der Waals surface area contributed by atoms with Crippen LogP contribution in [0.5, 0.6) is 0 Å². The molecule has 0 aromatic heterocycles. The first-order valence-electron chi connectivity index (χ1n) is 14.3. The van der Waals surface area contributed by atoms with Crippen molar-refractivity contribution in [1.82, 2.24) is 0 Å². The van der Waals surface area contributed by atoms with E-state index < -0.39 is 28.7 Å². The van der Waals surface area contributed by atoms with E-state index >= 15 is 0 Å². The molecule has 4 aromatic rings. The normalized spacial score (nSPS) is 11.0. The Morgan fingerprint density at radius 2 is 0.500 bits per heavy atom. The Morgan fingerprint density at radius 3 is 0.667 bits per heavy atom. The summed E-state index contributed by atoms with van der Waals surface area (Å²) in [6, 6.07) is 36.8. The summed E-state index contributed by atoms with van der Waals surface area (Å²) in [7, 11) is -1.50. The molecule has 4 radical (unpaired) electrons. The van der Waals surface area contributed by atoms with Gasteiger partial charge in [0, 0.05) is 34.1 Å². The molecule has 42 heavy (non-hydrogen) atoms. The molecule has 0 N–H and O–H groups in total. The molecule has 4 aromatic carbocycles. The van der Waals surface area contributed by atoms with E-state index in [-0.39, 0.29) is 65.8 Å². The van der Waals surface area contributed by atoms with Gasteiger partial charge in [-0.1, -0.05) is 0 Å². The first-order chi connectivity index (χ1) is 19.0. The van der Waals surface area contributed by atoms with E-state index in [0.717, 1.165) is 0 Å². The smallest absolute Gasteiger partial charge is 0 e. The Morgan fingerprint density at radius 1 is 0.333 bits per heavy atom. The van der Waals surface area contributed by atoms with E-state index in [1.807, 2.05) is 0 Å². The van der Waals surface area contributed by atoms with E-state index in [9.17, 15) is 0 Å². The van der Waals surface area contributed by atoms with Crippen LogP contribution >= 0.6 is 31.7 Å². The molecule has 0 amide bonds. The van der Waals surface area contributed by atoms with Crippen molar-refractivity contribution in [2.24, 2.45) is 0 Å². The molecule has 8 heteroatoms. The summed E-state index contributed by atoms with van der Waals surface area (Å²) in [6.45, 7) is 19.3. The van der Waals surface area contributed by atoms with Crippen LogP contribution in [-0.2, 0) is 34.1 Å². The van der Waals surface area contributed by atoms with Crippen molar-refractivity contribution in [3.8, 4) is 0 Å². The van der Waals surface area contributed by atoms with Crippen LogP contribution in [0.2, 0.25) is 11.5 Å². The Kier molecular flexibility index (Phi) is 19.5. The van der Waals surface area contributed by atoms with Crippen molar-refractivity contribution in [3.05, 3.63) is 97.1 Å². The first kappa shape index (κ1) is 40.7. The second-order valence-electron chi connectivity index (χ2n) is 11.4. The van der Waals surface area contributed by atoms with Gasteiger partial charge in [0.15, 0.2) is 0 Å². The summed E-state index contributed by atoms with van der Waals surface area (Å²) < 4.78 is 6.79. The predicted molar refractivity (Wildman–Crippen MR) is 207 cm³/mol. The van der Waals surface area contributed by atoms with Crippen molar-refractivity contribution in [2.75, 3.05) is 53.3 Å². The zero-order valence-electron chi connectivity index (χ0n) is 26.8. The van der Waals surface area contributed by atoms with Crippen LogP contribution in [0, 0.1) is 0 Å². The Balaban J connectivity index is 0.000000401. The third kappa shape index (κ3) is 10.9. The average Bonchev–Trinajstić information content (AvgIpc) is 2.96. The van der Waals surface area contributed by atoms with Gasteiger partial charge in [0.2, 0.25) is 0 Å². The Hall–Kier alpha value is 0.725. The largest absolute Gasteiger partial charge is 0 e. The maximum atomic E-state index is 2.54. The Labute approximate surface area is 292 Å². The molecule has 0 heterocycles. The molecule has 0 fully saturated rings. The van der Waals surface area contributed by atoms with Gasteiger partial charge >= 0.3 is 261 Å². The number of rotatable bonds is 8. The topological polar surface area (TPSA) is 0 Å². The molecule has 0 unspecified atom stereocenters. The zero-order valence-corrected chi connectivity index (χ0v) is 36.9. The van der Waals surface area contributed by atoms with Crippen molar-refractivity contribution in [2.45, 2.75) is 11.5 Å². The Bertz CT molecular complexity index is 1170.